The highest BCUT2D eigenvalue weighted by atomic mass is 19.1. The summed E-state index contributed by atoms with van der Waals surface area (Å²) < 4.78 is 14.9. The third kappa shape index (κ3) is 3.09. The molecule has 0 amide bonds. The van der Waals surface area contributed by atoms with E-state index in [2.05, 4.69) is 17.3 Å². The lowest BCUT2D eigenvalue weighted by molar-refractivity contribution is 0.602. The Bertz CT molecular complexity index is 520. The zero-order chi connectivity index (χ0) is 13.0. The van der Waals surface area contributed by atoms with E-state index in [9.17, 15) is 4.39 Å². The Morgan fingerprint density at radius 3 is 2.94 bits per heavy atom. The number of hydrogen-bond donors (Lipinski definition) is 1. The average molecular weight is 247 g/mol. The number of nitrogens with one attached hydrogen (secondary N) is 1. The van der Waals surface area contributed by atoms with Crippen LogP contribution in [-0.2, 0) is 13.1 Å². The molecule has 0 spiro atoms. The van der Waals surface area contributed by atoms with E-state index in [0.29, 0.717) is 6.54 Å². The highest BCUT2D eigenvalue weighted by Gasteiger charge is 2.01. The molecule has 3 nitrogen and oxygen atoms in total. The Balaban J connectivity index is 1.97. The number of aryl methyl sites for hydroxylation is 2. The van der Waals surface area contributed by atoms with Crippen LogP contribution in [0.3, 0.4) is 0 Å². The number of nitrogens with zero attached hydrogens (tertiary/aromatic N) is 2. The second-order valence-electron chi connectivity index (χ2n) is 4.42. The molecule has 4 heteroatoms. The fourth-order valence-electron chi connectivity index (χ4n) is 1.87. The standard InChI is InChI=1S/C14H18FN3/c1-3-6-18-10-12(9-17-18)8-16-14-5-4-13(15)7-11(14)2/h4-5,7,9-10,16H,3,6,8H2,1-2H3. The van der Waals surface area contributed by atoms with Crippen LogP contribution in [0, 0.1) is 12.7 Å². The zero-order valence-corrected chi connectivity index (χ0v) is 10.8. The van der Waals surface area contributed by atoms with Crippen molar-refractivity contribution in [1.82, 2.24) is 9.78 Å². The highest BCUT2D eigenvalue weighted by Crippen LogP contribution is 2.16. The summed E-state index contributed by atoms with van der Waals surface area (Å²) in [6.45, 7) is 5.67. The van der Waals surface area contributed by atoms with E-state index in [0.717, 1.165) is 29.8 Å². The van der Waals surface area contributed by atoms with Gasteiger partial charge in [0.15, 0.2) is 0 Å². The van der Waals surface area contributed by atoms with Crippen LogP contribution in [0.15, 0.2) is 30.6 Å². The molecule has 1 heterocycles. The SMILES string of the molecule is CCCn1cc(CNc2ccc(F)cc2C)cn1. The van der Waals surface area contributed by atoms with Gasteiger partial charge in [-0.05, 0) is 37.1 Å². The van der Waals surface area contributed by atoms with Crippen molar-refractivity contribution >= 4 is 5.69 Å². The lowest BCUT2D eigenvalue weighted by Gasteiger charge is -2.08. The molecule has 0 aliphatic rings. The van der Waals surface area contributed by atoms with Gasteiger partial charge in [0, 0.05) is 30.5 Å². The molecular formula is C14H18FN3. The largest absolute Gasteiger partial charge is 0.381 e. The van der Waals surface area contributed by atoms with Gasteiger partial charge in [-0.25, -0.2) is 4.39 Å². The van der Waals surface area contributed by atoms with Crippen molar-refractivity contribution < 1.29 is 4.39 Å². The lowest BCUT2D eigenvalue weighted by Crippen LogP contribution is -2.01. The van der Waals surface area contributed by atoms with Gasteiger partial charge in [-0.3, -0.25) is 4.68 Å². The van der Waals surface area contributed by atoms with Crippen molar-refractivity contribution in [2.24, 2.45) is 0 Å². The number of aromatic nitrogens is 2. The molecule has 0 atom stereocenters. The van der Waals surface area contributed by atoms with Crippen LogP contribution >= 0.6 is 0 Å². The van der Waals surface area contributed by atoms with Gasteiger partial charge in [0.25, 0.3) is 0 Å². The Labute approximate surface area is 107 Å². The molecular weight excluding hydrogens is 229 g/mol. The minimum Gasteiger partial charge on any atom is -0.381 e. The quantitative estimate of drug-likeness (QED) is 0.878. The Hall–Kier alpha value is -1.84. The first-order valence-corrected chi connectivity index (χ1v) is 6.20. The van der Waals surface area contributed by atoms with Crippen molar-refractivity contribution in [2.45, 2.75) is 33.4 Å². The second-order valence-corrected chi connectivity index (χ2v) is 4.42. The maximum absolute atomic E-state index is 13.0. The van der Waals surface area contributed by atoms with Gasteiger partial charge in [0.2, 0.25) is 0 Å². The van der Waals surface area contributed by atoms with Gasteiger partial charge in [0.05, 0.1) is 6.20 Å². The molecule has 0 radical (unpaired) electrons. The summed E-state index contributed by atoms with van der Waals surface area (Å²) in [6.07, 6.45) is 4.97. The van der Waals surface area contributed by atoms with Crippen LogP contribution in [0.4, 0.5) is 10.1 Å². The average Bonchev–Trinajstić information content (AvgIpc) is 2.76. The minimum atomic E-state index is -0.200. The third-order valence-electron chi connectivity index (χ3n) is 2.81. The molecule has 2 rings (SSSR count). The fraction of sp³-hybridized carbons (Fsp3) is 0.357. The van der Waals surface area contributed by atoms with E-state index in [4.69, 9.17) is 0 Å². The second kappa shape index (κ2) is 5.67. The summed E-state index contributed by atoms with van der Waals surface area (Å²) in [7, 11) is 0. The maximum Gasteiger partial charge on any atom is 0.123 e. The molecule has 1 aromatic heterocycles. The number of anilines is 1. The van der Waals surface area contributed by atoms with Crippen LogP contribution in [0.5, 0.6) is 0 Å². The van der Waals surface area contributed by atoms with Crippen molar-refractivity contribution in [3.05, 3.63) is 47.5 Å². The molecule has 0 aliphatic carbocycles. The first-order chi connectivity index (χ1) is 8.69. The number of benzene rings is 1. The highest BCUT2D eigenvalue weighted by molar-refractivity contribution is 5.50. The maximum atomic E-state index is 13.0. The number of halogens is 1. The molecule has 18 heavy (non-hydrogen) atoms. The van der Waals surface area contributed by atoms with Gasteiger partial charge in [-0.15, -0.1) is 0 Å². The van der Waals surface area contributed by atoms with E-state index < -0.39 is 0 Å². The Morgan fingerprint density at radius 2 is 2.22 bits per heavy atom. The monoisotopic (exact) mass is 247 g/mol. The topological polar surface area (TPSA) is 29.9 Å². The van der Waals surface area contributed by atoms with Crippen molar-refractivity contribution in [3.8, 4) is 0 Å². The van der Waals surface area contributed by atoms with E-state index in [1.165, 1.54) is 12.1 Å². The molecule has 2 aromatic rings. The number of hydrogen-bond acceptors (Lipinski definition) is 2. The zero-order valence-electron chi connectivity index (χ0n) is 10.8. The van der Waals surface area contributed by atoms with Gasteiger partial charge >= 0.3 is 0 Å². The summed E-state index contributed by atoms with van der Waals surface area (Å²) in [5, 5.41) is 7.56. The van der Waals surface area contributed by atoms with Gasteiger partial charge < -0.3 is 5.32 Å². The normalized spacial score (nSPS) is 10.6. The van der Waals surface area contributed by atoms with Crippen LogP contribution in [0.1, 0.15) is 24.5 Å². The van der Waals surface area contributed by atoms with Gasteiger partial charge in [-0.2, -0.15) is 5.10 Å². The predicted octanol–water partition coefficient (Wildman–Crippen LogP) is 3.35. The van der Waals surface area contributed by atoms with Crippen molar-refractivity contribution in [3.63, 3.8) is 0 Å². The molecule has 0 fully saturated rings. The molecule has 1 aromatic carbocycles. The molecule has 0 bridgehead atoms. The van der Waals surface area contributed by atoms with Crippen molar-refractivity contribution in [1.29, 1.82) is 0 Å². The summed E-state index contributed by atoms with van der Waals surface area (Å²) in [5.41, 5.74) is 3.00. The molecule has 0 saturated carbocycles. The van der Waals surface area contributed by atoms with Crippen LogP contribution in [-0.4, -0.2) is 9.78 Å². The first-order valence-electron chi connectivity index (χ1n) is 6.20. The number of rotatable bonds is 5. The van der Waals surface area contributed by atoms with Gasteiger partial charge in [0.1, 0.15) is 5.82 Å². The van der Waals surface area contributed by atoms with E-state index in [1.54, 1.807) is 6.07 Å². The summed E-state index contributed by atoms with van der Waals surface area (Å²) in [5.74, 6) is -0.200. The first kappa shape index (κ1) is 12.6. The molecule has 96 valence electrons. The van der Waals surface area contributed by atoms with Crippen LogP contribution in [0.2, 0.25) is 0 Å². The van der Waals surface area contributed by atoms with Crippen LogP contribution < -0.4 is 5.32 Å². The smallest absolute Gasteiger partial charge is 0.123 e. The van der Waals surface area contributed by atoms with E-state index in [1.807, 2.05) is 24.0 Å². The van der Waals surface area contributed by atoms with Crippen molar-refractivity contribution in [2.75, 3.05) is 5.32 Å². The molecule has 0 aliphatic heterocycles. The summed E-state index contributed by atoms with van der Waals surface area (Å²) in [4.78, 5) is 0. The van der Waals surface area contributed by atoms with E-state index >= 15 is 0 Å². The summed E-state index contributed by atoms with van der Waals surface area (Å²) >= 11 is 0. The Kier molecular flexibility index (Phi) is 3.97. The molecule has 0 unspecified atom stereocenters. The molecule has 1 N–H and O–H groups in total. The van der Waals surface area contributed by atoms with E-state index in [-0.39, 0.29) is 5.82 Å². The molecule has 0 saturated heterocycles. The van der Waals surface area contributed by atoms with Gasteiger partial charge in [-0.1, -0.05) is 6.92 Å². The lowest BCUT2D eigenvalue weighted by atomic mass is 10.2. The minimum absolute atomic E-state index is 0.200. The fourth-order valence-corrected chi connectivity index (χ4v) is 1.87. The van der Waals surface area contributed by atoms with Crippen LogP contribution in [0.25, 0.3) is 0 Å². The third-order valence-corrected chi connectivity index (χ3v) is 2.81. The predicted molar refractivity (Wildman–Crippen MR) is 71.0 cm³/mol. The Morgan fingerprint density at radius 1 is 1.39 bits per heavy atom. The summed E-state index contributed by atoms with van der Waals surface area (Å²) in [6, 6.07) is 4.76.